The predicted octanol–water partition coefficient (Wildman–Crippen LogP) is 2.03. The van der Waals surface area contributed by atoms with Crippen molar-refractivity contribution in [2.24, 2.45) is 0 Å². The van der Waals surface area contributed by atoms with Crippen LogP contribution in [0.15, 0.2) is 23.1 Å². The maximum Gasteiger partial charge on any atom is 0.240 e. The number of aryl methyl sites for hydroxylation is 1. The molecule has 2 N–H and O–H groups in total. The van der Waals surface area contributed by atoms with E-state index in [1.165, 1.54) is 12.8 Å². The summed E-state index contributed by atoms with van der Waals surface area (Å²) in [7, 11) is -3.40. The Balaban J connectivity index is 1.74. The van der Waals surface area contributed by atoms with Crippen molar-refractivity contribution < 1.29 is 8.42 Å². The van der Waals surface area contributed by atoms with E-state index in [4.69, 9.17) is 0 Å². The highest BCUT2D eigenvalue weighted by Crippen LogP contribution is 2.23. The largest absolute Gasteiger partial charge is 0.310 e. The highest BCUT2D eigenvalue weighted by molar-refractivity contribution is 7.99. The van der Waals surface area contributed by atoms with Gasteiger partial charge in [0.15, 0.2) is 0 Å². The maximum absolute atomic E-state index is 12.5. The molecular weight excluding hydrogens is 304 g/mol. The lowest BCUT2D eigenvalue weighted by Crippen LogP contribution is -2.34. The molecular formula is C15H22N2O2S2. The summed E-state index contributed by atoms with van der Waals surface area (Å²) in [5.74, 6) is 1.92. The van der Waals surface area contributed by atoms with Gasteiger partial charge in [0.2, 0.25) is 10.0 Å². The molecule has 1 saturated heterocycles. The SMILES string of the molecule is Cc1ccc(S(=O)(=O)NC2CCSC2)cc1CNC1CC1. The minimum atomic E-state index is -3.40. The number of thioether (sulfide) groups is 1. The minimum Gasteiger partial charge on any atom is -0.310 e. The smallest absolute Gasteiger partial charge is 0.240 e. The first kappa shape index (κ1) is 15.3. The van der Waals surface area contributed by atoms with Crippen LogP contribution in [-0.2, 0) is 16.6 Å². The maximum atomic E-state index is 12.5. The van der Waals surface area contributed by atoms with Crippen LogP contribution in [0.3, 0.4) is 0 Å². The molecule has 3 rings (SSSR count). The fraction of sp³-hybridized carbons (Fsp3) is 0.600. The highest BCUT2D eigenvalue weighted by Gasteiger charge is 2.24. The van der Waals surface area contributed by atoms with Crippen LogP contribution >= 0.6 is 11.8 Å². The van der Waals surface area contributed by atoms with Crippen LogP contribution < -0.4 is 10.0 Å². The third-order valence-electron chi connectivity index (χ3n) is 4.04. The van der Waals surface area contributed by atoms with E-state index in [-0.39, 0.29) is 6.04 Å². The first-order chi connectivity index (χ1) is 10.0. The Labute approximate surface area is 131 Å². The molecule has 1 heterocycles. The van der Waals surface area contributed by atoms with E-state index in [1.807, 2.05) is 19.1 Å². The topological polar surface area (TPSA) is 58.2 Å². The second-order valence-corrected chi connectivity index (χ2v) is 8.79. The number of hydrogen-bond acceptors (Lipinski definition) is 4. The van der Waals surface area contributed by atoms with E-state index < -0.39 is 10.0 Å². The van der Waals surface area contributed by atoms with Gasteiger partial charge in [-0.1, -0.05) is 6.07 Å². The lowest BCUT2D eigenvalue weighted by molar-refractivity contribution is 0.563. The van der Waals surface area contributed by atoms with Crippen molar-refractivity contribution in [3.63, 3.8) is 0 Å². The zero-order valence-electron chi connectivity index (χ0n) is 12.3. The second-order valence-electron chi connectivity index (χ2n) is 5.93. The molecule has 1 saturated carbocycles. The zero-order valence-corrected chi connectivity index (χ0v) is 13.9. The van der Waals surface area contributed by atoms with Gasteiger partial charge < -0.3 is 5.32 Å². The molecule has 0 radical (unpaired) electrons. The fourth-order valence-corrected chi connectivity index (χ4v) is 5.04. The molecule has 1 atom stereocenters. The number of sulfonamides is 1. The second kappa shape index (κ2) is 6.28. The number of rotatable bonds is 6. The Kier molecular flexibility index (Phi) is 4.59. The van der Waals surface area contributed by atoms with Gasteiger partial charge in [-0.05, 0) is 55.2 Å². The molecule has 2 fully saturated rings. The van der Waals surface area contributed by atoms with Gasteiger partial charge >= 0.3 is 0 Å². The molecule has 0 spiro atoms. The standard InChI is InChI=1S/C15H22N2O2S2/c1-11-2-5-15(8-12(11)9-16-13-3-4-13)21(18,19)17-14-6-7-20-10-14/h2,5,8,13-14,16-17H,3-4,6-7,9-10H2,1H3. The van der Waals surface area contributed by atoms with Crippen LogP contribution in [0.5, 0.6) is 0 Å². The summed E-state index contributed by atoms with van der Waals surface area (Å²) in [5.41, 5.74) is 2.21. The molecule has 1 aromatic carbocycles. The van der Waals surface area contributed by atoms with Gasteiger partial charge in [0, 0.05) is 24.4 Å². The molecule has 21 heavy (non-hydrogen) atoms. The number of nitrogens with one attached hydrogen (secondary N) is 2. The van der Waals surface area contributed by atoms with E-state index in [0.29, 0.717) is 10.9 Å². The first-order valence-electron chi connectivity index (χ1n) is 7.47. The number of benzene rings is 1. The van der Waals surface area contributed by atoms with Crippen molar-refractivity contribution in [1.29, 1.82) is 0 Å². The van der Waals surface area contributed by atoms with Crippen LogP contribution in [0.4, 0.5) is 0 Å². The molecule has 4 nitrogen and oxygen atoms in total. The van der Waals surface area contributed by atoms with Gasteiger partial charge in [0.05, 0.1) is 4.90 Å². The van der Waals surface area contributed by atoms with E-state index in [9.17, 15) is 8.42 Å². The molecule has 1 aromatic rings. The average Bonchev–Trinajstić information content (AvgIpc) is 3.14. The predicted molar refractivity (Wildman–Crippen MR) is 87.1 cm³/mol. The molecule has 0 amide bonds. The summed E-state index contributed by atoms with van der Waals surface area (Å²) in [6.45, 7) is 2.78. The van der Waals surface area contributed by atoms with Gasteiger partial charge in [0.25, 0.3) is 0 Å². The summed E-state index contributed by atoms with van der Waals surface area (Å²) in [4.78, 5) is 0.387. The molecule has 6 heteroatoms. The van der Waals surface area contributed by atoms with E-state index in [1.54, 1.807) is 17.8 Å². The number of hydrogen-bond donors (Lipinski definition) is 2. The molecule has 0 aromatic heterocycles. The van der Waals surface area contributed by atoms with E-state index in [0.717, 1.165) is 35.6 Å². The summed E-state index contributed by atoms with van der Waals surface area (Å²) in [6, 6.07) is 6.13. The van der Waals surface area contributed by atoms with Crippen molar-refractivity contribution in [3.05, 3.63) is 29.3 Å². The summed E-state index contributed by atoms with van der Waals surface area (Å²) >= 11 is 1.80. The zero-order chi connectivity index (χ0) is 14.9. The van der Waals surface area contributed by atoms with Crippen molar-refractivity contribution in [3.8, 4) is 0 Å². The molecule has 1 unspecified atom stereocenters. The Morgan fingerprint density at radius 2 is 2.05 bits per heavy atom. The summed E-state index contributed by atoms with van der Waals surface area (Å²) < 4.78 is 27.7. The molecule has 116 valence electrons. The van der Waals surface area contributed by atoms with Gasteiger partial charge in [-0.3, -0.25) is 0 Å². The third-order valence-corrected chi connectivity index (χ3v) is 6.72. The first-order valence-corrected chi connectivity index (χ1v) is 10.1. The summed E-state index contributed by atoms with van der Waals surface area (Å²) in [5, 5.41) is 3.45. The Hall–Kier alpha value is -0.560. The Morgan fingerprint density at radius 3 is 2.71 bits per heavy atom. The van der Waals surface area contributed by atoms with Crippen molar-refractivity contribution in [1.82, 2.24) is 10.0 Å². The quantitative estimate of drug-likeness (QED) is 0.840. The minimum absolute atomic E-state index is 0.0781. The van der Waals surface area contributed by atoms with Crippen molar-refractivity contribution in [2.45, 2.75) is 49.7 Å². The Bertz CT molecular complexity index is 606. The van der Waals surface area contributed by atoms with Crippen LogP contribution in [0.2, 0.25) is 0 Å². The van der Waals surface area contributed by atoms with Crippen molar-refractivity contribution in [2.75, 3.05) is 11.5 Å². The van der Waals surface area contributed by atoms with E-state index in [2.05, 4.69) is 10.0 Å². The van der Waals surface area contributed by atoms with Crippen LogP contribution in [0.1, 0.15) is 30.4 Å². The molecule has 1 aliphatic carbocycles. The van der Waals surface area contributed by atoms with Gasteiger partial charge in [-0.2, -0.15) is 11.8 Å². The highest BCUT2D eigenvalue weighted by atomic mass is 32.2. The van der Waals surface area contributed by atoms with Crippen LogP contribution in [-0.4, -0.2) is 32.0 Å². The van der Waals surface area contributed by atoms with E-state index >= 15 is 0 Å². The van der Waals surface area contributed by atoms with Crippen LogP contribution in [0, 0.1) is 6.92 Å². The van der Waals surface area contributed by atoms with Crippen molar-refractivity contribution >= 4 is 21.8 Å². The van der Waals surface area contributed by atoms with Gasteiger partial charge in [-0.15, -0.1) is 0 Å². The monoisotopic (exact) mass is 326 g/mol. The summed E-state index contributed by atoms with van der Waals surface area (Å²) in [6.07, 6.45) is 3.39. The lowest BCUT2D eigenvalue weighted by Gasteiger charge is -2.14. The normalized spacial score (nSPS) is 22.6. The third kappa shape index (κ3) is 4.00. The molecule has 2 aliphatic rings. The fourth-order valence-electron chi connectivity index (χ4n) is 2.46. The molecule has 0 bridgehead atoms. The van der Waals surface area contributed by atoms with Crippen LogP contribution in [0.25, 0.3) is 0 Å². The lowest BCUT2D eigenvalue weighted by atomic mass is 10.1. The molecule has 1 aliphatic heterocycles. The Morgan fingerprint density at radius 1 is 1.24 bits per heavy atom. The average molecular weight is 326 g/mol. The van der Waals surface area contributed by atoms with Gasteiger partial charge in [0.1, 0.15) is 0 Å². The van der Waals surface area contributed by atoms with Gasteiger partial charge in [-0.25, -0.2) is 13.1 Å².